The Morgan fingerprint density at radius 2 is 2.00 bits per heavy atom. The Labute approximate surface area is 125 Å². The highest BCUT2D eigenvalue weighted by Gasteiger charge is 2.18. The Bertz CT molecular complexity index is 594. The first-order chi connectivity index (χ1) is 9.24. The third-order valence-electron chi connectivity index (χ3n) is 3.47. The van der Waals surface area contributed by atoms with Gasteiger partial charge in [0.25, 0.3) is 0 Å². The lowest BCUT2D eigenvalue weighted by Gasteiger charge is -2.24. The molecule has 1 aromatic heterocycles. The summed E-state index contributed by atoms with van der Waals surface area (Å²) < 4.78 is 7.08. The monoisotopic (exact) mass is 340 g/mol. The summed E-state index contributed by atoms with van der Waals surface area (Å²) in [6.07, 6.45) is 8.02. The van der Waals surface area contributed by atoms with Gasteiger partial charge in [0.1, 0.15) is 5.52 Å². The van der Waals surface area contributed by atoms with Crippen molar-refractivity contribution in [3.8, 4) is 5.75 Å². The summed E-state index contributed by atoms with van der Waals surface area (Å²) >= 11 is 9.43. The first-order valence-corrected chi connectivity index (χ1v) is 7.68. The molecule has 2 aromatic rings. The van der Waals surface area contributed by atoms with Gasteiger partial charge in [-0.15, -0.1) is 0 Å². The number of hydrogen-bond acceptors (Lipinski definition) is 3. The van der Waals surface area contributed by atoms with Crippen molar-refractivity contribution < 1.29 is 4.74 Å². The maximum atomic E-state index is 6.16. The number of benzene rings is 1. The molecular weight excluding hydrogens is 328 g/mol. The highest BCUT2D eigenvalue weighted by Crippen LogP contribution is 2.35. The van der Waals surface area contributed by atoms with Crippen LogP contribution in [0.5, 0.6) is 5.75 Å². The lowest BCUT2D eigenvalue weighted by atomic mass is 9.98. The lowest BCUT2D eigenvalue weighted by Crippen LogP contribution is -2.20. The second kappa shape index (κ2) is 5.63. The zero-order valence-corrected chi connectivity index (χ0v) is 12.7. The molecule has 0 unspecified atom stereocenters. The number of rotatable bonds is 2. The van der Waals surface area contributed by atoms with Crippen molar-refractivity contribution in [2.75, 3.05) is 0 Å². The highest BCUT2D eigenvalue weighted by molar-refractivity contribution is 9.10. The van der Waals surface area contributed by atoms with Crippen molar-refractivity contribution in [2.45, 2.75) is 38.2 Å². The fourth-order valence-electron chi connectivity index (χ4n) is 2.49. The molecule has 1 fully saturated rings. The summed E-state index contributed by atoms with van der Waals surface area (Å²) in [6.45, 7) is 0. The first kappa shape index (κ1) is 13.1. The van der Waals surface area contributed by atoms with Crippen LogP contribution in [0.1, 0.15) is 32.1 Å². The lowest BCUT2D eigenvalue weighted by molar-refractivity contribution is 0.156. The fourth-order valence-corrected chi connectivity index (χ4v) is 3.03. The Kier molecular flexibility index (Phi) is 3.89. The van der Waals surface area contributed by atoms with E-state index in [1.807, 2.05) is 12.1 Å². The molecular formula is C14H14BrClN2O. The van der Waals surface area contributed by atoms with Gasteiger partial charge in [-0.1, -0.05) is 6.42 Å². The minimum atomic E-state index is 0.249. The molecule has 19 heavy (non-hydrogen) atoms. The van der Waals surface area contributed by atoms with Gasteiger partial charge in [0.15, 0.2) is 5.75 Å². The second-order valence-electron chi connectivity index (χ2n) is 4.83. The van der Waals surface area contributed by atoms with Crippen molar-refractivity contribution >= 4 is 38.4 Å². The number of halogens is 2. The van der Waals surface area contributed by atoms with E-state index >= 15 is 0 Å². The molecule has 3 nitrogen and oxygen atoms in total. The molecule has 0 bridgehead atoms. The zero-order valence-electron chi connectivity index (χ0n) is 10.4. The molecule has 1 aliphatic carbocycles. The van der Waals surface area contributed by atoms with Gasteiger partial charge in [0.2, 0.25) is 5.28 Å². The number of fused-ring (bicyclic) bond motifs is 1. The van der Waals surface area contributed by atoms with Gasteiger partial charge < -0.3 is 4.74 Å². The minimum absolute atomic E-state index is 0.249. The van der Waals surface area contributed by atoms with Crippen LogP contribution in [-0.2, 0) is 0 Å². The molecule has 1 saturated carbocycles. The smallest absolute Gasteiger partial charge is 0.223 e. The normalized spacial score (nSPS) is 16.7. The summed E-state index contributed by atoms with van der Waals surface area (Å²) in [5.74, 6) is 0.786. The maximum absolute atomic E-state index is 6.16. The molecule has 0 amide bonds. The van der Waals surface area contributed by atoms with Crippen molar-refractivity contribution in [3.05, 3.63) is 28.1 Å². The van der Waals surface area contributed by atoms with Crippen LogP contribution in [-0.4, -0.2) is 16.1 Å². The van der Waals surface area contributed by atoms with E-state index in [9.17, 15) is 0 Å². The molecule has 100 valence electrons. The van der Waals surface area contributed by atoms with Gasteiger partial charge in [-0.3, -0.25) is 0 Å². The van der Waals surface area contributed by atoms with Crippen LogP contribution in [0, 0.1) is 0 Å². The van der Waals surface area contributed by atoms with Gasteiger partial charge in [0, 0.05) is 11.6 Å². The van der Waals surface area contributed by atoms with Crippen molar-refractivity contribution in [1.82, 2.24) is 9.97 Å². The summed E-state index contributed by atoms with van der Waals surface area (Å²) in [5.41, 5.74) is 0.778. The SMILES string of the molecule is Clc1ncc2ccc(Br)c(OC3CCCCC3)c2n1. The molecule has 0 spiro atoms. The van der Waals surface area contributed by atoms with Crippen LogP contribution in [0.4, 0.5) is 0 Å². The van der Waals surface area contributed by atoms with Crippen molar-refractivity contribution in [3.63, 3.8) is 0 Å². The molecule has 1 aromatic carbocycles. The average Bonchev–Trinajstić information content (AvgIpc) is 2.43. The predicted octanol–water partition coefficient (Wildman–Crippen LogP) is 4.76. The van der Waals surface area contributed by atoms with Gasteiger partial charge in [0.05, 0.1) is 10.6 Å². The molecule has 0 N–H and O–H groups in total. The Morgan fingerprint density at radius 3 is 2.79 bits per heavy atom. The number of nitrogens with zero attached hydrogens (tertiary/aromatic N) is 2. The van der Waals surface area contributed by atoms with E-state index in [1.165, 1.54) is 19.3 Å². The van der Waals surface area contributed by atoms with E-state index in [1.54, 1.807) is 6.20 Å². The topological polar surface area (TPSA) is 35.0 Å². The molecule has 0 radical (unpaired) electrons. The zero-order chi connectivity index (χ0) is 13.2. The molecule has 1 aliphatic rings. The Morgan fingerprint density at radius 1 is 1.21 bits per heavy atom. The van der Waals surface area contributed by atoms with Gasteiger partial charge >= 0.3 is 0 Å². The Balaban J connectivity index is 2.00. The minimum Gasteiger partial charge on any atom is -0.487 e. The molecule has 0 atom stereocenters. The Hall–Kier alpha value is -0.870. The summed E-state index contributed by atoms with van der Waals surface area (Å²) in [7, 11) is 0. The first-order valence-electron chi connectivity index (χ1n) is 6.51. The van der Waals surface area contributed by atoms with E-state index in [-0.39, 0.29) is 11.4 Å². The largest absolute Gasteiger partial charge is 0.487 e. The molecule has 0 saturated heterocycles. The fraction of sp³-hybridized carbons (Fsp3) is 0.429. The number of aromatic nitrogens is 2. The summed E-state index contributed by atoms with van der Waals surface area (Å²) in [4.78, 5) is 8.31. The van der Waals surface area contributed by atoms with Crippen molar-refractivity contribution in [1.29, 1.82) is 0 Å². The van der Waals surface area contributed by atoms with E-state index < -0.39 is 0 Å². The second-order valence-corrected chi connectivity index (χ2v) is 6.02. The van der Waals surface area contributed by atoms with E-state index in [0.29, 0.717) is 0 Å². The van der Waals surface area contributed by atoms with E-state index in [0.717, 1.165) is 34.0 Å². The molecule has 1 heterocycles. The van der Waals surface area contributed by atoms with Crippen LogP contribution < -0.4 is 4.74 Å². The molecule has 3 rings (SSSR count). The molecule has 5 heteroatoms. The average molecular weight is 342 g/mol. The standard InChI is InChI=1S/C14H14BrClN2O/c15-11-7-6-9-8-17-14(16)18-12(9)13(11)19-10-4-2-1-3-5-10/h6-8,10H,1-5H2. The number of ether oxygens (including phenoxy) is 1. The summed E-state index contributed by atoms with van der Waals surface area (Å²) in [5, 5.41) is 1.19. The van der Waals surface area contributed by atoms with Crippen LogP contribution in [0.2, 0.25) is 5.28 Å². The van der Waals surface area contributed by atoms with Crippen LogP contribution >= 0.6 is 27.5 Å². The molecule has 0 aliphatic heterocycles. The predicted molar refractivity (Wildman–Crippen MR) is 79.7 cm³/mol. The van der Waals surface area contributed by atoms with Crippen LogP contribution in [0.15, 0.2) is 22.8 Å². The van der Waals surface area contributed by atoms with E-state index in [2.05, 4.69) is 25.9 Å². The third kappa shape index (κ3) is 2.84. The third-order valence-corrected chi connectivity index (χ3v) is 4.27. The van der Waals surface area contributed by atoms with Gasteiger partial charge in [-0.2, -0.15) is 0 Å². The summed E-state index contributed by atoms with van der Waals surface area (Å²) in [6, 6.07) is 3.93. The van der Waals surface area contributed by atoms with Crippen molar-refractivity contribution in [2.24, 2.45) is 0 Å². The van der Waals surface area contributed by atoms with E-state index in [4.69, 9.17) is 16.3 Å². The highest BCUT2D eigenvalue weighted by atomic mass is 79.9. The van der Waals surface area contributed by atoms with Crippen LogP contribution in [0.3, 0.4) is 0 Å². The van der Waals surface area contributed by atoms with Gasteiger partial charge in [-0.25, -0.2) is 9.97 Å². The number of hydrogen-bond donors (Lipinski definition) is 0. The maximum Gasteiger partial charge on any atom is 0.223 e. The quantitative estimate of drug-likeness (QED) is 0.739. The van der Waals surface area contributed by atoms with Gasteiger partial charge in [-0.05, 0) is 65.3 Å². The van der Waals surface area contributed by atoms with Crippen LogP contribution in [0.25, 0.3) is 10.9 Å².